The number of Topliss-reactive ketones (excluding diaryl/α,β-unsaturated/α-hetero) is 1. The Hall–Kier alpha value is -1.84. The molecule has 3 rings (SSSR count). The van der Waals surface area contributed by atoms with Crippen molar-refractivity contribution in [2.75, 3.05) is 13.1 Å². The van der Waals surface area contributed by atoms with Gasteiger partial charge in [-0.25, -0.2) is 0 Å². The topological polar surface area (TPSA) is 40.5 Å². The van der Waals surface area contributed by atoms with Gasteiger partial charge in [0.05, 0.1) is 0 Å². The molecule has 3 nitrogen and oxygen atoms in total. The molecule has 1 aliphatic heterocycles. The van der Waals surface area contributed by atoms with Crippen molar-refractivity contribution in [3.8, 4) is 5.75 Å². The van der Waals surface area contributed by atoms with E-state index in [1.54, 1.807) is 24.3 Å². The van der Waals surface area contributed by atoms with Gasteiger partial charge in [0.2, 0.25) is 0 Å². The van der Waals surface area contributed by atoms with Crippen LogP contribution in [0.3, 0.4) is 0 Å². The van der Waals surface area contributed by atoms with Crippen LogP contribution in [0.15, 0.2) is 48.5 Å². The summed E-state index contributed by atoms with van der Waals surface area (Å²) in [5.74, 6) is 0.348. The number of benzene rings is 2. The quantitative estimate of drug-likeness (QED) is 0.846. The number of phenols is 1. The van der Waals surface area contributed by atoms with E-state index in [9.17, 15) is 9.90 Å². The van der Waals surface area contributed by atoms with E-state index in [0.717, 1.165) is 32.5 Å². The van der Waals surface area contributed by atoms with Crippen LogP contribution in [0.5, 0.6) is 5.75 Å². The van der Waals surface area contributed by atoms with Gasteiger partial charge in [0.15, 0.2) is 5.78 Å². The molecule has 1 aliphatic rings. The normalized spacial score (nSPS) is 13.9. The highest BCUT2D eigenvalue weighted by molar-refractivity contribution is 5.96. The van der Waals surface area contributed by atoms with Gasteiger partial charge < -0.3 is 5.11 Å². The van der Waals surface area contributed by atoms with E-state index in [0.29, 0.717) is 12.0 Å². The van der Waals surface area contributed by atoms with E-state index >= 15 is 0 Å². The van der Waals surface area contributed by atoms with Crippen LogP contribution in [0.1, 0.15) is 34.3 Å². The van der Waals surface area contributed by atoms with Gasteiger partial charge in [-0.3, -0.25) is 9.69 Å². The molecule has 4 heteroatoms. The number of phenolic OH excluding ortho intramolecular Hbond substituents is 1. The van der Waals surface area contributed by atoms with Crippen LogP contribution in [0, 0.1) is 0 Å². The minimum atomic E-state index is 0. The highest BCUT2D eigenvalue weighted by Crippen LogP contribution is 2.19. The number of hydrogen-bond donors (Lipinski definition) is 1. The number of hydrogen-bond acceptors (Lipinski definition) is 3. The predicted octanol–water partition coefficient (Wildman–Crippen LogP) is 3.84. The van der Waals surface area contributed by atoms with Crippen molar-refractivity contribution >= 4 is 18.2 Å². The Labute approximate surface area is 143 Å². The molecule has 0 spiro atoms. The third kappa shape index (κ3) is 4.57. The number of nitrogens with zero attached hydrogens (tertiary/aromatic N) is 1. The van der Waals surface area contributed by atoms with Crippen LogP contribution in [-0.2, 0) is 13.0 Å². The fourth-order valence-corrected chi connectivity index (χ4v) is 3.00. The lowest BCUT2D eigenvalue weighted by atomic mass is 9.99. The minimum Gasteiger partial charge on any atom is -0.508 e. The summed E-state index contributed by atoms with van der Waals surface area (Å²) in [5, 5.41) is 9.25. The Bertz CT molecular complexity index is 655. The zero-order chi connectivity index (χ0) is 15.4. The van der Waals surface area contributed by atoms with Gasteiger partial charge in [0.25, 0.3) is 0 Å². The molecule has 0 aromatic heterocycles. The number of carbonyl (C=O) groups is 1. The van der Waals surface area contributed by atoms with Gasteiger partial charge in [-0.05, 0) is 54.8 Å². The molecule has 0 unspecified atom stereocenters. The van der Waals surface area contributed by atoms with Gasteiger partial charge in [0, 0.05) is 25.1 Å². The van der Waals surface area contributed by atoms with Gasteiger partial charge in [0.1, 0.15) is 5.75 Å². The van der Waals surface area contributed by atoms with Gasteiger partial charge >= 0.3 is 0 Å². The maximum absolute atomic E-state index is 12.1. The van der Waals surface area contributed by atoms with Crippen molar-refractivity contribution in [2.24, 2.45) is 0 Å². The second-order valence-corrected chi connectivity index (χ2v) is 5.87. The lowest BCUT2D eigenvalue weighted by Gasteiger charge is -2.28. The van der Waals surface area contributed by atoms with E-state index < -0.39 is 0 Å². The number of fused-ring (bicyclic) bond motifs is 1. The molecular weight excluding hydrogens is 310 g/mol. The molecule has 0 bridgehead atoms. The van der Waals surface area contributed by atoms with Gasteiger partial charge in [-0.15, -0.1) is 12.4 Å². The average Bonchev–Trinajstić information content (AvgIpc) is 2.55. The summed E-state index contributed by atoms with van der Waals surface area (Å²) >= 11 is 0. The lowest BCUT2D eigenvalue weighted by molar-refractivity contribution is 0.0973. The maximum atomic E-state index is 12.1. The van der Waals surface area contributed by atoms with E-state index in [-0.39, 0.29) is 23.9 Å². The first kappa shape index (κ1) is 17.5. The molecule has 2 aromatic carbocycles. The molecule has 0 saturated carbocycles. The van der Waals surface area contributed by atoms with E-state index in [1.807, 2.05) is 0 Å². The summed E-state index contributed by atoms with van der Waals surface area (Å²) in [5.41, 5.74) is 3.55. The smallest absolute Gasteiger partial charge is 0.162 e. The van der Waals surface area contributed by atoms with Crippen molar-refractivity contribution in [3.63, 3.8) is 0 Å². The Morgan fingerprint density at radius 1 is 1.04 bits per heavy atom. The molecule has 0 aliphatic carbocycles. The van der Waals surface area contributed by atoms with Crippen LogP contribution in [0.4, 0.5) is 0 Å². The van der Waals surface area contributed by atoms with Crippen LogP contribution in [-0.4, -0.2) is 28.9 Å². The molecule has 0 saturated heterocycles. The summed E-state index contributed by atoms with van der Waals surface area (Å²) in [6.45, 7) is 3.02. The molecule has 122 valence electrons. The second kappa shape index (κ2) is 8.14. The zero-order valence-corrected chi connectivity index (χ0v) is 13.9. The standard InChI is InChI=1S/C19H21NO2.ClH/c21-18-9-7-16(8-10-18)19(22)6-3-12-20-13-11-15-4-1-2-5-17(15)14-20;/h1-2,4-5,7-10,21H,3,6,11-14H2;1H. The predicted molar refractivity (Wildman–Crippen MR) is 94.3 cm³/mol. The van der Waals surface area contributed by atoms with E-state index in [1.165, 1.54) is 11.1 Å². The second-order valence-electron chi connectivity index (χ2n) is 5.87. The van der Waals surface area contributed by atoms with Gasteiger partial charge in [-0.2, -0.15) is 0 Å². The van der Waals surface area contributed by atoms with Crippen molar-refractivity contribution in [3.05, 3.63) is 65.2 Å². The molecule has 2 aromatic rings. The Morgan fingerprint density at radius 2 is 1.74 bits per heavy atom. The molecule has 1 N–H and O–H groups in total. The summed E-state index contributed by atoms with van der Waals surface area (Å²) in [4.78, 5) is 14.5. The highest BCUT2D eigenvalue weighted by atomic mass is 35.5. The number of ketones is 1. The first-order valence-corrected chi connectivity index (χ1v) is 7.84. The summed E-state index contributed by atoms with van der Waals surface area (Å²) in [7, 11) is 0. The third-order valence-electron chi connectivity index (χ3n) is 4.28. The summed E-state index contributed by atoms with van der Waals surface area (Å²) in [6, 6.07) is 15.1. The number of carbonyl (C=O) groups excluding carboxylic acids is 1. The molecule has 0 fully saturated rings. The molecule has 23 heavy (non-hydrogen) atoms. The molecule has 0 amide bonds. The minimum absolute atomic E-state index is 0. The van der Waals surface area contributed by atoms with E-state index in [2.05, 4.69) is 29.2 Å². The first-order valence-electron chi connectivity index (χ1n) is 7.84. The summed E-state index contributed by atoms with van der Waals surface area (Å²) < 4.78 is 0. The number of halogens is 1. The molecular formula is C19H22ClNO2. The van der Waals surface area contributed by atoms with Gasteiger partial charge in [-0.1, -0.05) is 24.3 Å². The first-order chi connectivity index (χ1) is 10.7. The van der Waals surface area contributed by atoms with Crippen molar-refractivity contribution in [1.29, 1.82) is 0 Å². The monoisotopic (exact) mass is 331 g/mol. The summed E-state index contributed by atoms with van der Waals surface area (Å²) in [6.07, 6.45) is 2.53. The van der Waals surface area contributed by atoms with E-state index in [4.69, 9.17) is 0 Å². The Morgan fingerprint density at radius 3 is 2.48 bits per heavy atom. The van der Waals surface area contributed by atoms with Crippen molar-refractivity contribution in [2.45, 2.75) is 25.8 Å². The maximum Gasteiger partial charge on any atom is 0.162 e. The van der Waals surface area contributed by atoms with Crippen LogP contribution >= 0.6 is 12.4 Å². The molecule has 0 radical (unpaired) electrons. The van der Waals surface area contributed by atoms with Crippen molar-refractivity contribution < 1.29 is 9.90 Å². The third-order valence-corrected chi connectivity index (χ3v) is 4.28. The van der Waals surface area contributed by atoms with Crippen LogP contribution < -0.4 is 0 Å². The Balaban J connectivity index is 0.00000192. The molecule has 1 heterocycles. The SMILES string of the molecule is Cl.O=C(CCCN1CCc2ccccc2C1)c1ccc(O)cc1. The average molecular weight is 332 g/mol. The largest absolute Gasteiger partial charge is 0.508 e. The van der Waals surface area contributed by atoms with Crippen molar-refractivity contribution in [1.82, 2.24) is 4.90 Å². The Kier molecular flexibility index (Phi) is 6.20. The van der Waals surface area contributed by atoms with Crippen LogP contribution in [0.2, 0.25) is 0 Å². The number of aromatic hydroxyl groups is 1. The fraction of sp³-hybridized carbons (Fsp3) is 0.316. The zero-order valence-electron chi connectivity index (χ0n) is 13.1. The number of rotatable bonds is 5. The highest BCUT2D eigenvalue weighted by Gasteiger charge is 2.15. The fourth-order valence-electron chi connectivity index (χ4n) is 3.00. The lowest BCUT2D eigenvalue weighted by Crippen LogP contribution is -2.31. The van der Waals surface area contributed by atoms with Crippen LogP contribution in [0.25, 0.3) is 0 Å². The molecule has 0 atom stereocenters.